The molecule has 0 aliphatic heterocycles. The summed E-state index contributed by atoms with van der Waals surface area (Å²) in [5.74, 6) is 0. The third-order valence-corrected chi connectivity index (χ3v) is 1.09. The van der Waals surface area contributed by atoms with E-state index in [0.717, 1.165) is 5.57 Å². The van der Waals surface area contributed by atoms with Gasteiger partial charge in [0.15, 0.2) is 6.29 Å². The Labute approximate surface area is 60.9 Å². The van der Waals surface area contributed by atoms with Gasteiger partial charge in [0, 0.05) is 20.3 Å². The van der Waals surface area contributed by atoms with E-state index in [2.05, 4.69) is 0 Å². The minimum atomic E-state index is -0.389. The molecule has 0 saturated carbocycles. The minimum Gasteiger partial charge on any atom is -0.352 e. The van der Waals surface area contributed by atoms with Gasteiger partial charge in [-0.3, -0.25) is 0 Å². The summed E-state index contributed by atoms with van der Waals surface area (Å²) >= 11 is 0. The van der Waals surface area contributed by atoms with Crippen molar-refractivity contribution in [3.8, 4) is 6.07 Å². The Hall–Kier alpha value is -0.850. The number of nitriles is 1. The van der Waals surface area contributed by atoms with Crippen LogP contribution in [0.1, 0.15) is 6.92 Å². The number of nitrogens with zero attached hydrogens (tertiary/aromatic N) is 1. The van der Waals surface area contributed by atoms with E-state index in [1.54, 1.807) is 6.92 Å². The van der Waals surface area contributed by atoms with Crippen molar-refractivity contribution < 1.29 is 9.47 Å². The lowest BCUT2D eigenvalue weighted by atomic mass is 10.3. The van der Waals surface area contributed by atoms with Crippen LogP contribution >= 0.6 is 0 Å². The topological polar surface area (TPSA) is 42.2 Å². The zero-order valence-corrected chi connectivity index (χ0v) is 6.42. The Kier molecular flexibility index (Phi) is 4.55. The predicted octanol–water partition coefficient (Wildman–Crippen LogP) is 1.08. The molecule has 0 N–H and O–H groups in total. The number of ether oxygens (including phenoxy) is 2. The summed E-state index contributed by atoms with van der Waals surface area (Å²) in [6.45, 7) is 1.78. The van der Waals surface area contributed by atoms with Crippen molar-refractivity contribution in [3.05, 3.63) is 11.6 Å². The van der Waals surface area contributed by atoms with Crippen LogP contribution in [-0.2, 0) is 9.47 Å². The minimum absolute atomic E-state index is 0.389. The molecule has 0 unspecified atom stereocenters. The molecule has 0 aromatic carbocycles. The van der Waals surface area contributed by atoms with Crippen molar-refractivity contribution >= 4 is 0 Å². The second-order valence-corrected chi connectivity index (χ2v) is 1.82. The molecule has 0 atom stereocenters. The van der Waals surface area contributed by atoms with Crippen LogP contribution in [0.25, 0.3) is 0 Å². The summed E-state index contributed by atoms with van der Waals surface area (Å²) in [7, 11) is 3.06. The van der Waals surface area contributed by atoms with Crippen molar-refractivity contribution in [1.29, 1.82) is 5.26 Å². The van der Waals surface area contributed by atoms with Crippen LogP contribution in [-0.4, -0.2) is 20.5 Å². The second-order valence-electron chi connectivity index (χ2n) is 1.82. The first kappa shape index (κ1) is 9.15. The highest BCUT2D eigenvalue weighted by atomic mass is 16.7. The summed E-state index contributed by atoms with van der Waals surface area (Å²) in [6.07, 6.45) is 1.01. The monoisotopic (exact) mass is 141 g/mol. The van der Waals surface area contributed by atoms with Gasteiger partial charge in [0.25, 0.3) is 0 Å². The number of methoxy groups -OCH3 is 2. The number of rotatable bonds is 3. The van der Waals surface area contributed by atoms with Gasteiger partial charge in [0.1, 0.15) is 0 Å². The van der Waals surface area contributed by atoms with Gasteiger partial charge in [-0.25, -0.2) is 0 Å². The zero-order valence-electron chi connectivity index (χ0n) is 6.42. The maximum atomic E-state index is 8.24. The average molecular weight is 141 g/mol. The molecule has 56 valence electrons. The molecular formula is C7H11NO2. The Morgan fingerprint density at radius 2 is 2.00 bits per heavy atom. The highest BCUT2D eigenvalue weighted by Gasteiger charge is 2.05. The molecule has 3 nitrogen and oxygen atoms in total. The summed E-state index contributed by atoms with van der Waals surface area (Å²) in [4.78, 5) is 0. The first-order chi connectivity index (χ1) is 4.76. The van der Waals surface area contributed by atoms with Gasteiger partial charge in [-0.05, 0) is 12.5 Å². The molecule has 0 radical (unpaired) electrons. The van der Waals surface area contributed by atoms with E-state index in [-0.39, 0.29) is 6.29 Å². The van der Waals surface area contributed by atoms with Gasteiger partial charge in [-0.15, -0.1) is 0 Å². The largest absolute Gasteiger partial charge is 0.352 e. The van der Waals surface area contributed by atoms with Gasteiger partial charge in [0.05, 0.1) is 6.07 Å². The number of hydrogen-bond donors (Lipinski definition) is 0. The second kappa shape index (κ2) is 4.98. The van der Waals surface area contributed by atoms with Crippen LogP contribution in [0.4, 0.5) is 0 Å². The molecule has 0 aliphatic carbocycles. The van der Waals surface area contributed by atoms with Gasteiger partial charge in [-0.1, -0.05) is 0 Å². The molecule has 0 bridgehead atoms. The smallest absolute Gasteiger partial charge is 0.179 e. The summed E-state index contributed by atoms with van der Waals surface area (Å²) < 4.78 is 9.74. The van der Waals surface area contributed by atoms with E-state index in [9.17, 15) is 0 Å². The van der Waals surface area contributed by atoms with Crippen LogP contribution in [0.2, 0.25) is 0 Å². The van der Waals surface area contributed by atoms with E-state index < -0.39 is 0 Å². The maximum Gasteiger partial charge on any atom is 0.179 e. The standard InChI is InChI=1S/C7H11NO2/c1-6(4-5-8)7(9-2)10-3/h4,7H,1-3H3. The molecule has 0 spiro atoms. The lowest BCUT2D eigenvalue weighted by Crippen LogP contribution is -2.13. The fraction of sp³-hybridized carbons (Fsp3) is 0.571. The number of hydrogen-bond acceptors (Lipinski definition) is 3. The van der Waals surface area contributed by atoms with Crippen molar-refractivity contribution in [3.63, 3.8) is 0 Å². The lowest BCUT2D eigenvalue weighted by molar-refractivity contribution is -0.0746. The SMILES string of the molecule is COC(OC)C(C)=CC#N. The summed E-state index contributed by atoms with van der Waals surface area (Å²) in [6, 6.07) is 1.89. The number of allylic oxidation sites excluding steroid dienone is 1. The van der Waals surface area contributed by atoms with E-state index in [1.165, 1.54) is 20.3 Å². The Morgan fingerprint density at radius 1 is 1.50 bits per heavy atom. The van der Waals surface area contributed by atoms with E-state index in [0.29, 0.717) is 0 Å². The maximum absolute atomic E-state index is 8.24. The summed E-state index contributed by atoms with van der Waals surface area (Å²) in [5.41, 5.74) is 0.771. The normalized spacial score (nSPS) is 11.7. The van der Waals surface area contributed by atoms with E-state index >= 15 is 0 Å². The first-order valence-electron chi connectivity index (χ1n) is 2.88. The molecule has 0 aromatic rings. The zero-order chi connectivity index (χ0) is 7.98. The summed E-state index contributed by atoms with van der Waals surface area (Å²) in [5, 5.41) is 8.24. The van der Waals surface area contributed by atoms with E-state index in [4.69, 9.17) is 14.7 Å². The molecule has 0 aromatic heterocycles. The van der Waals surface area contributed by atoms with Crippen molar-refractivity contribution in [1.82, 2.24) is 0 Å². The Bertz CT molecular complexity index is 153. The quantitative estimate of drug-likeness (QED) is 0.436. The highest BCUT2D eigenvalue weighted by Crippen LogP contribution is 2.04. The fourth-order valence-corrected chi connectivity index (χ4v) is 0.638. The molecule has 0 rings (SSSR count). The molecule has 0 aliphatic rings. The van der Waals surface area contributed by atoms with Gasteiger partial charge in [0.2, 0.25) is 0 Å². The molecule has 0 heterocycles. The Morgan fingerprint density at radius 3 is 2.30 bits per heavy atom. The van der Waals surface area contributed by atoms with Crippen molar-refractivity contribution in [2.75, 3.05) is 14.2 Å². The van der Waals surface area contributed by atoms with Crippen LogP contribution in [0.15, 0.2) is 11.6 Å². The average Bonchev–Trinajstić information content (AvgIpc) is 1.91. The van der Waals surface area contributed by atoms with Gasteiger partial charge < -0.3 is 9.47 Å². The molecule has 0 amide bonds. The van der Waals surface area contributed by atoms with Crippen LogP contribution in [0.5, 0.6) is 0 Å². The van der Waals surface area contributed by atoms with E-state index in [1.807, 2.05) is 6.07 Å². The predicted molar refractivity (Wildman–Crippen MR) is 37.2 cm³/mol. The lowest BCUT2D eigenvalue weighted by Gasteiger charge is -2.11. The van der Waals surface area contributed by atoms with Crippen LogP contribution in [0, 0.1) is 11.3 Å². The molecule has 10 heavy (non-hydrogen) atoms. The third-order valence-electron chi connectivity index (χ3n) is 1.09. The van der Waals surface area contributed by atoms with Gasteiger partial charge >= 0.3 is 0 Å². The van der Waals surface area contributed by atoms with Crippen molar-refractivity contribution in [2.24, 2.45) is 0 Å². The van der Waals surface area contributed by atoms with Crippen LogP contribution < -0.4 is 0 Å². The first-order valence-corrected chi connectivity index (χ1v) is 2.88. The molecule has 3 heteroatoms. The third kappa shape index (κ3) is 2.62. The highest BCUT2D eigenvalue weighted by molar-refractivity contribution is 5.13. The molecule has 0 saturated heterocycles. The van der Waals surface area contributed by atoms with Crippen molar-refractivity contribution in [2.45, 2.75) is 13.2 Å². The molecular weight excluding hydrogens is 130 g/mol. The fourth-order valence-electron chi connectivity index (χ4n) is 0.638. The molecule has 0 fully saturated rings. The van der Waals surface area contributed by atoms with Crippen LogP contribution in [0.3, 0.4) is 0 Å². The van der Waals surface area contributed by atoms with Gasteiger partial charge in [-0.2, -0.15) is 5.26 Å². The Balaban J connectivity index is 4.04.